The predicted octanol–water partition coefficient (Wildman–Crippen LogP) is 5.16. The summed E-state index contributed by atoms with van der Waals surface area (Å²) < 4.78 is 13.3. The monoisotopic (exact) mass is 374 g/mol. The number of ether oxygens (including phenoxy) is 2. The Kier molecular flexibility index (Phi) is 4.96. The summed E-state index contributed by atoms with van der Waals surface area (Å²) in [6, 6.07) is 9.02. The van der Waals surface area contributed by atoms with Gasteiger partial charge in [-0.15, -0.1) is 11.3 Å². The second-order valence-electron chi connectivity index (χ2n) is 6.29. The standard InChI is InChI=1S/C18H18N2O3S2/c1-18(2,3)23-16(21)14-9-12(7-8-19-14)22-11-5-6-13-15(10-11)25-17(20-13)24-4/h5-10H,1-4H3. The van der Waals surface area contributed by atoms with Gasteiger partial charge in [0.2, 0.25) is 0 Å². The third-order valence-corrected chi connectivity index (χ3v) is 5.09. The second kappa shape index (κ2) is 7.01. The van der Waals surface area contributed by atoms with Crippen LogP contribution in [0.2, 0.25) is 0 Å². The van der Waals surface area contributed by atoms with Gasteiger partial charge in [0.25, 0.3) is 0 Å². The molecule has 0 saturated carbocycles. The van der Waals surface area contributed by atoms with Crippen molar-refractivity contribution in [2.45, 2.75) is 30.7 Å². The van der Waals surface area contributed by atoms with E-state index in [1.54, 1.807) is 35.2 Å². The molecule has 0 fully saturated rings. The van der Waals surface area contributed by atoms with Crippen LogP contribution in [0.5, 0.6) is 11.5 Å². The summed E-state index contributed by atoms with van der Waals surface area (Å²) in [5.74, 6) is 0.746. The van der Waals surface area contributed by atoms with E-state index in [2.05, 4.69) is 9.97 Å². The molecule has 0 atom stereocenters. The molecule has 0 radical (unpaired) electrons. The lowest BCUT2D eigenvalue weighted by molar-refractivity contribution is 0.00625. The zero-order valence-corrected chi connectivity index (χ0v) is 16.0. The number of benzene rings is 1. The van der Waals surface area contributed by atoms with Crippen molar-refractivity contribution in [2.75, 3.05) is 6.26 Å². The van der Waals surface area contributed by atoms with Crippen molar-refractivity contribution in [3.63, 3.8) is 0 Å². The number of nitrogens with zero attached hydrogens (tertiary/aromatic N) is 2. The molecule has 5 nitrogen and oxygen atoms in total. The SMILES string of the molecule is CSc1nc2ccc(Oc3ccnc(C(=O)OC(C)(C)C)c3)cc2s1. The van der Waals surface area contributed by atoms with Crippen LogP contribution in [0, 0.1) is 0 Å². The largest absolute Gasteiger partial charge is 0.457 e. The number of esters is 1. The average Bonchev–Trinajstić information content (AvgIpc) is 2.96. The summed E-state index contributed by atoms with van der Waals surface area (Å²) in [5.41, 5.74) is 0.601. The van der Waals surface area contributed by atoms with Gasteiger partial charge in [0.05, 0.1) is 10.2 Å². The number of carbonyl (C=O) groups is 1. The Balaban J connectivity index is 1.81. The van der Waals surface area contributed by atoms with E-state index in [-0.39, 0.29) is 5.69 Å². The molecule has 0 aliphatic heterocycles. The number of fused-ring (bicyclic) bond motifs is 1. The van der Waals surface area contributed by atoms with Gasteiger partial charge in [-0.05, 0) is 45.2 Å². The van der Waals surface area contributed by atoms with Crippen molar-refractivity contribution in [2.24, 2.45) is 0 Å². The summed E-state index contributed by atoms with van der Waals surface area (Å²) in [6.07, 6.45) is 3.54. The first-order valence-electron chi connectivity index (χ1n) is 7.66. The predicted molar refractivity (Wildman–Crippen MR) is 101 cm³/mol. The van der Waals surface area contributed by atoms with Gasteiger partial charge in [0.1, 0.15) is 17.1 Å². The molecule has 0 amide bonds. The highest BCUT2D eigenvalue weighted by molar-refractivity contribution is 8.00. The molecule has 2 aromatic heterocycles. The van der Waals surface area contributed by atoms with Crippen LogP contribution in [-0.2, 0) is 4.74 Å². The number of pyridine rings is 1. The molecule has 0 aliphatic carbocycles. The molecular weight excluding hydrogens is 356 g/mol. The Morgan fingerprint density at radius 1 is 1.16 bits per heavy atom. The number of carbonyl (C=O) groups excluding carboxylic acids is 1. The van der Waals surface area contributed by atoms with Gasteiger partial charge in [-0.25, -0.2) is 14.8 Å². The fraction of sp³-hybridized carbons (Fsp3) is 0.278. The zero-order chi connectivity index (χ0) is 18.0. The molecule has 0 unspecified atom stereocenters. The molecular formula is C18H18N2O3S2. The molecule has 0 spiro atoms. The maximum absolute atomic E-state index is 12.1. The fourth-order valence-electron chi connectivity index (χ4n) is 2.09. The Morgan fingerprint density at radius 3 is 2.64 bits per heavy atom. The van der Waals surface area contributed by atoms with Crippen LogP contribution in [0.1, 0.15) is 31.3 Å². The molecule has 25 heavy (non-hydrogen) atoms. The minimum Gasteiger partial charge on any atom is -0.457 e. The molecule has 7 heteroatoms. The first kappa shape index (κ1) is 17.7. The number of rotatable bonds is 4. The van der Waals surface area contributed by atoms with E-state index in [4.69, 9.17) is 9.47 Å². The van der Waals surface area contributed by atoms with Crippen molar-refractivity contribution in [1.82, 2.24) is 9.97 Å². The summed E-state index contributed by atoms with van der Waals surface area (Å²) >= 11 is 3.24. The summed E-state index contributed by atoms with van der Waals surface area (Å²) in [5, 5.41) is 0. The molecule has 0 aliphatic rings. The number of aromatic nitrogens is 2. The van der Waals surface area contributed by atoms with Gasteiger partial charge >= 0.3 is 5.97 Å². The number of thiazole rings is 1. The Labute approximate surface area is 154 Å². The first-order valence-corrected chi connectivity index (χ1v) is 9.70. The first-order chi connectivity index (χ1) is 11.8. The number of hydrogen-bond acceptors (Lipinski definition) is 7. The van der Waals surface area contributed by atoms with Crippen molar-refractivity contribution < 1.29 is 14.3 Å². The van der Waals surface area contributed by atoms with E-state index in [1.807, 2.05) is 45.2 Å². The van der Waals surface area contributed by atoms with Crippen molar-refractivity contribution >= 4 is 39.3 Å². The van der Waals surface area contributed by atoms with E-state index in [9.17, 15) is 4.79 Å². The fourth-order valence-corrected chi connectivity index (χ4v) is 3.61. The van der Waals surface area contributed by atoms with Gasteiger partial charge in [-0.3, -0.25) is 0 Å². The van der Waals surface area contributed by atoms with Crippen LogP contribution in [-0.4, -0.2) is 27.8 Å². The molecule has 2 heterocycles. The van der Waals surface area contributed by atoms with Crippen LogP contribution in [0.4, 0.5) is 0 Å². The maximum Gasteiger partial charge on any atom is 0.357 e. The lowest BCUT2D eigenvalue weighted by Gasteiger charge is -2.19. The summed E-state index contributed by atoms with van der Waals surface area (Å²) in [6.45, 7) is 5.45. The van der Waals surface area contributed by atoms with Crippen LogP contribution < -0.4 is 4.74 Å². The summed E-state index contributed by atoms with van der Waals surface area (Å²) in [7, 11) is 0. The smallest absolute Gasteiger partial charge is 0.357 e. The Hall–Kier alpha value is -2.12. The van der Waals surface area contributed by atoms with Crippen molar-refractivity contribution in [3.05, 3.63) is 42.2 Å². The Morgan fingerprint density at radius 2 is 1.92 bits per heavy atom. The molecule has 1 aromatic carbocycles. The average molecular weight is 374 g/mol. The van der Waals surface area contributed by atoms with Gasteiger partial charge < -0.3 is 9.47 Å². The highest BCUT2D eigenvalue weighted by Gasteiger charge is 2.19. The van der Waals surface area contributed by atoms with Crippen molar-refractivity contribution in [1.29, 1.82) is 0 Å². The third kappa shape index (κ3) is 4.49. The zero-order valence-electron chi connectivity index (χ0n) is 14.4. The lowest BCUT2D eigenvalue weighted by atomic mass is 10.2. The lowest BCUT2D eigenvalue weighted by Crippen LogP contribution is -2.24. The van der Waals surface area contributed by atoms with Crippen LogP contribution in [0.15, 0.2) is 40.9 Å². The maximum atomic E-state index is 12.1. The molecule has 0 bridgehead atoms. The second-order valence-corrected chi connectivity index (χ2v) is 8.38. The van der Waals surface area contributed by atoms with Gasteiger partial charge in [-0.2, -0.15) is 0 Å². The number of thioether (sulfide) groups is 1. The molecule has 130 valence electrons. The van der Waals surface area contributed by atoms with Gasteiger partial charge in [0.15, 0.2) is 10.0 Å². The molecule has 3 aromatic rings. The third-order valence-electron chi connectivity index (χ3n) is 3.09. The Bertz CT molecular complexity index is 916. The molecule has 0 N–H and O–H groups in total. The van der Waals surface area contributed by atoms with Gasteiger partial charge in [-0.1, -0.05) is 11.8 Å². The minimum atomic E-state index is -0.568. The van der Waals surface area contributed by atoms with E-state index in [0.717, 1.165) is 14.6 Å². The molecule has 0 saturated heterocycles. The van der Waals surface area contributed by atoms with Crippen LogP contribution in [0.25, 0.3) is 10.2 Å². The quantitative estimate of drug-likeness (QED) is 0.464. The van der Waals surface area contributed by atoms with E-state index < -0.39 is 11.6 Å². The van der Waals surface area contributed by atoms with Gasteiger partial charge in [0, 0.05) is 18.3 Å². The van der Waals surface area contributed by atoms with E-state index in [1.165, 1.54) is 6.20 Å². The number of hydrogen-bond donors (Lipinski definition) is 0. The summed E-state index contributed by atoms with van der Waals surface area (Å²) in [4.78, 5) is 20.7. The normalized spacial score (nSPS) is 11.5. The van der Waals surface area contributed by atoms with Crippen LogP contribution >= 0.6 is 23.1 Å². The van der Waals surface area contributed by atoms with E-state index in [0.29, 0.717) is 11.5 Å². The van der Waals surface area contributed by atoms with Crippen molar-refractivity contribution in [3.8, 4) is 11.5 Å². The topological polar surface area (TPSA) is 61.3 Å². The van der Waals surface area contributed by atoms with E-state index >= 15 is 0 Å². The highest BCUT2D eigenvalue weighted by Crippen LogP contribution is 2.32. The minimum absolute atomic E-state index is 0.218. The highest BCUT2D eigenvalue weighted by atomic mass is 32.2. The molecule has 3 rings (SSSR count). The van der Waals surface area contributed by atoms with Crippen LogP contribution in [0.3, 0.4) is 0 Å².